The standard InChI is InChI=1S/C16H27NO/c1-11(2)15(8-9-17)14-6-7-16(13(5)10-14)18-12(3)4/h6-7,10-12,15H,8-9,17H2,1-5H3. The molecular formula is C16H27NO. The third kappa shape index (κ3) is 4.02. The molecule has 1 rings (SSSR count). The summed E-state index contributed by atoms with van der Waals surface area (Å²) in [7, 11) is 0. The molecule has 0 aromatic heterocycles. The predicted molar refractivity (Wildman–Crippen MR) is 78.2 cm³/mol. The van der Waals surface area contributed by atoms with Gasteiger partial charge in [-0.05, 0) is 62.8 Å². The SMILES string of the molecule is Cc1cc(C(CCN)C(C)C)ccc1OC(C)C. The van der Waals surface area contributed by atoms with Crippen molar-refractivity contribution in [1.82, 2.24) is 0 Å². The van der Waals surface area contributed by atoms with Crippen LogP contribution in [-0.4, -0.2) is 12.6 Å². The molecule has 2 N–H and O–H groups in total. The number of ether oxygens (including phenoxy) is 1. The molecule has 0 bridgehead atoms. The van der Waals surface area contributed by atoms with E-state index in [1.54, 1.807) is 0 Å². The first kappa shape index (κ1) is 15.0. The Labute approximate surface area is 112 Å². The molecule has 0 spiro atoms. The van der Waals surface area contributed by atoms with Gasteiger partial charge in [-0.15, -0.1) is 0 Å². The van der Waals surface area contributed by atoms with Gasteiger partial charge in [-0.2, -0.15) is 0 Å². The number of rotatable bonds is 6. The number of benzene rings is 1. The lowest BCUT2D eigenvalue weighted by Gasteiger charge is -2.22. The zero-order chi connectivity index (χ0) is 13.7. The van der Waals surface area contributed by atoms with Crippen LogP contribution in [0.15, 0.2) is 18.2 Å². The van der Waals surface area contributed by atoms with Crippen LogP contribution in [-0.2, 0) is 0 Å². The summed E-state index contributed by atoms with van der Waals surface area (Å²) < 4.78 is 5.78. The molecule has 2 nitrogen and oxygen atoms in total. The van der Waals surface area contributed by atoms with Gasteiger partial charge in [0.1, 0.15) is 5.75 Å². The molecule has 1 unspecified atom stereocenters. The fraction of sp³-hybridized carbons (Fsp3) is 0.625. The van der Waals surface area contributed by atoms with Gasteiger partial charge in [0.15, 0.2) is 0 Å². The van der Waals surface area contributed by atoms with Crippen LogP contribution in [0.5, 0.6) is 5.75 Å². The van der Waals surface area contributed by atoms with E-state index in [9.17, 15) is 0 Å². The second kappa shape index (κ2) is 6.79. The highest BCUT2D eigenvalue weighted by atomic mass is 16.5. The van der Waals surface area contributed by atoms with Crippen LogP contribution in [0.3, 0.4) is 0 Å². The molecule has 2 heteroatoms. The fourth-order valence-electron chi connectivity index (χ4n) is 2.35. The zero-order valence-corrected chi connectivity index (χ0v) is 12.4. The molecule has 0 heterocycles. The van der Waals surface area contributed by atoms with E-state index >= 15 is 0 Å². The Morgan fingerprint density at radius 3 is 2.28 bits per heavy atom. The first-order valence-electron chi connectivity index (χ1n) is 6.93. The van der Waals surface area contributed by atoms with Crippen molar-refractivity contribution in [3.05, 3.63) is 29.3 Å². The van der Waals surface area contributed by atoms with Crippen molar-refractivity contribution in [3.63, 3.8) is 0 Å². The molecule has 102 valence electrons. The Hall–Kier alpha value is -1.02. The van der Waals surface area contributed by atoms with E-state index in [-0.39, 0.29) is 6.10 Å². The van der Waals surface area contributed by atoms with Gasteiger partial charge in [0, 0.05) is 0 Å². The number of hydrogen-bond donors (Lipinski definition) is 1. The minimum Gasteiger partial charge on any atom is -0.491 e. The molecule has 1 aromatic rings. The maximum atomic E-state index is 5.78. The molecule has 0 amide bonds. The van der Waals surface area contributed by atoms with Crippen LogP contribution in [0, 0.1) is 12.8 Å². The lowest BCUT2D eigenvalue weighted by Crippen LogP contribution is -2.13. The summed E-state index contributed by atoms with van der Waals surface area (Å²) in [6.45, 7) is 11.5. The first-order chi connectivity index (χ1) is 8.45. The summed E-state index contributed by atoms with van der Waals surface area (Å²) in [5.41, 5.74) is 8.30. The molecule has 0 saturated heterocycles. The second-order valence-corrected chi connectivity index (χ2v) is 5.62. The van der Waals surface area contributed by atoms with Gasteiger partial charge in [0.2, 0.25) is 0 Å². The van der Waals surface area contributed by atoms with E-state index in [1.165, 1.54) is 11.1 Å². The largest absolute Gasteiger partial charge is 0.491 e. The maximum Gasteiger partial charge on any atom is 0.122 e. The van der Waals surface area contributed by atoms with Crippen molar-refractivity contribution < 1.29 is 4.74 Å². The van der Waals surface area contributed by atoms with Crippen molar-refractivity contribution >= 4 is 0 Å². The molecule has 1 atom stereocenters. The van der Waals surface area contributed by atoms with Gasteiger partial charge < -0.3 is 10.5 Å². The van der Waals surface area contributed by atoms with Crippen LogP contribution < -0.4 is 10.5 Å². The summed E-state index contributed by atoms with van der Waals surface area (Å²) in [5, 5.41) is 0. The lowest BCUT2D eigenvalue weighted by molar-refractivity contribution is 0.240. The zero-order valence-electron chi connectivity index (χ0n) is 12.4. The third-order valence-corrected chi connectivity index (χ3v) is 3.27. The van der Waals surface area contributed by atoms with E-state index < -0.39 is 0 Å². The second-order valence-electron chi connectivity index (χ2n) is 5.62. The Bertz CT molecular complexity index is 371. The molecule has 0 fully saturated rings. The molecule has 1 aromatic carbocycles. The van der Waals surface area contributed by atoms with Gasteiger partial charge in [-0.1, -0.05) is 26.0 Å². The van der Waals surface area contributed by atoms with Gasteiger partial charge in [0.25, 0.3) is 0 Å². The number of nitrogens with two attached hydrogens (primary N) is 1. The Morgan fingerprint density at radius 2 is 1.83 bits per heavy atom. The lowest BCUT2D eigenvalue weighted by atomic mass is 9.85. The average molecular weight is 249 g/mol. The highest BCUT2D eigenvalue weighted by molar-refractivity contribution is 5.38. The van der Waals surface area contributed by atoms with Gasteiger partial charge in [0.05, 0.1) is 6.10 Å². The van der Waals surface area contributed by atoms with Crippen LogP contribution >= 0.6 is 0 Å². The van der Waals surface area contributed by atoms with Crippen molar-refractivity contribution in [2.75, 3.05) is 6.54 Å². The molecule has 0 radical (unpaired) electrons. The first-order valence-corrected chi connectivity index (χ1v) is 6.93. The van der Waals surface area contributed by atoms with E-state index in [0.29, 0.717) is 11.8 Å². The Kier molecular flexibility index (Phi) is 5.67. The smallest absolute Gasteiger partial charge is 0.122 e. The molecule has 0 aliphatic rings. The Morgan fingerprint density at radius 1 is 1.17 bits per heavy atom. The maximum absolute atomic E-state index is 5.78. The van der Waals surface area contributed by atoms with Crippen LogP contribution in [0.25, 0.3) is 0 Å². The van der Waals surface area contributed by atoms with E-state index in [1.807, 2.05) is 0 Å². The van der Waals surface area contributed by atoms with Crippen LogP contribution in [0.2, 0.25) is 0 Å². The monoisotopic (exact) mass is 249 g/mol. The summed E-state index contributed by atoms with van der Waals surface area (Å²) in [6.07, 6.45) is 1.26. The summed E-state index contributed by atoms with van der Waals surface area (Å²) >= 11 is 0. The highest BCUT2D eigenvalue weighted by Gasteiger charge is 2.16. The van der Waals surface area contributed by atoms with Gasteiger partial charge in [-0.25, -0.2) is 0 Å². The third-order valence-electron chi connectivity index (χ3n) is 3.27. The number of aryl methyl sites for hydroxylation is 1. The minimum atomic E-state index is 0.222. The van der Waals surface area contributed by atoms with E-state index in [0.717, 1.165) is 18.7 Å². The van der Waals surface area contributed by atoms with Crippen molar-refractivity contribution in [1.29, 1.82) is 0 Å². The summed E-state index contributed by atoms with van der Waals surface area (Å²) in [4.78, 5) is 0. The quantitative estimate of drug-likeness (QED) is 0.830. The molecule has 0 aliphatic heterocycles. The van der Waals surface area contributed by atoms with E-state index in [4.69, 9.17) is 10.5 Å². The predicted octanol–water partition coefficient (Wildman–Crippen LogP) is 3.87. The number of hydrogen-bond acceptors (Lipinski definition) is 2. The highest BCUT2D eigenvalue weighted by Crippen LogP contribution is 2.31. The minimum absolute atomic E-state index is 0.222. The van der Waals surface area contributed by atoms with Crippen molar-refractivity contribution in [2.24, 2.45) is 11.7 Å². The van der Waals surface area contributed by atoms with Crippen molar-refractivity contribution in [3.8, 4) is 5.75 Å². The average Bonchev–Trinajstić information content (AvgIpc) is 2.28. The van der Waals surface area contributed by atoms with Crippen molar-refractivity contribution in [2.45, 2.75) is 53.1 Å². The van der Waals surface area contributed by atoms with Gasteiger partial charge >= 0.3 is 0 Å². The van der Waals surface area contributed by atoms with Gasteiger partial charge in [-0.3, -0.25) is 0 Å². The molecule has 18 heavy (non-hydrogen) atoms. The van der Waals surface area contributed by atoms with Crippen LogP contribution in [0.1, 0.15) is 51.2 Å². The normalized spacial score (nSPS) is 13.1. The van der Waals surface area contributed by atoms with Crippen LogP contribution in [0.4, 0.5) is 0 Å². The fourth-order valence-corrected chi connectivity index (χ4v) is 2.35. The Balaban J connectivity index is 2.94. The summed E-state index contributed by atoms with van der Waals surface area (Å²) in [5.74, 6) is 2.15. The molecule has 0 aliphatic carbocycles. The topological polar surface area (TPSA) is 35.2 Å². The molecule has 0 saturated carbocycles. The van der Waals surface area contributed by atoms with E-state index in [2.05, 4.69) is 52.8 Å². The molecular weight excluding hydrogens is 222 g/mol. The summed E-state index contributed by atoms with van der Waals surface area (Å²) in [6, 6.07) is 6.53.